The summed E-state index contributed by atoms with van der Waals surface area (Å²) in [6.45, 7) is 2.27. The van der Waals surface area contributed by atoms with Crippen LogP contribution < -0.4 is 10.6 Å². The summed E-state index contributed by atoms with van der Waals surface area (Å²) < 4.78 is 0. The van der Waals surface area contributed by atoms with Gasteiger partial charge < -0.3 is 0 Å². The molecule has 2 N–H and O–H groups in total. The van der Waals surface area contributed by atoms with Gasteiger partial charge in [-0.25, -0.2) is 0 Å². The summed E-state index contributed by atoms with van der Waals surface area (Å²) in [6.07, 6.45) is 11.7. The average Bonchev–Trinajstić information content (AvgIpc) is 2.60. The molecule has 2 atom stereocenters. The van der Waals surface area contributed by atoms with E-state index in [1.165, 1.54) is 51.4 Å². The number of hydrogen-bond acceptors (Lipinski definition) is 2. The van der Waals surface area contributed by atoms with Crippen molar-refractivity contribution in [2.24, 2.45) is 0 Å². The van der Waals surface area contributed by atoms with E-state index in [1.807, 2.05) is 0 Å². The zero-order valence-corrected chi connectivity index (χ0v) is 9.39. The summed E-state index contributed by atoms with van der Waals surface area (Å²) in [5, 5.41) is 7.48. The maximum absolute atomic E-state index is 3.74. The van der Waals surface area contributed by atoms with Crippen molar-refractivity contribution >= 4 is 0 Å². The Hall–Kier alpha value is -0.0800. The minimum atomic E-state index is 0.620. The van der Waals surface area contributed by atoms with Gasteiger partial charge in [-0.3, -0.25) is 10.6 Å². The first-order valence-electron chi connectivity index (χ1n) is 6.42. The quantitative estimate of drug-likeness (QED) is 0.675. The molecule has 0 aromatic rings. The van der Waals surface area contributed by atoms with Gasteiger partial charge in [-0.05, 0) is 19.3 Å². The van der Waals surface area contributed by atoms with Crippen LogP contribution in [0.3, 0.4) is 0 Å². The molecule has 1 aliphatic heterocycles. The summed E-state index contributed by atoms with van der Waals surface area (Å²) in [4.78, 5) is 0. The fourth-order valence-electron chi connectivity index (χ4n) is 2.86. The number of fused-ring (bicyclic) bond motifs is 1. The summed E-state index contributed by atoms with van der Waals surface area (Å²) in [6, 6.07) is 1.57. The van der Waals surface area contributed by atoms with Crippen LogP contribution in [0.25, 0.3) is 0 Å². The Morgan fingerprint density at radius 1 is 1.00 bits per heavy atom. The van der Waals surface area contributed by atoms with Gasteiger partial charge in [-0.2, -0.15) is 0 Å². The fourth-order valence-corrected chi connectivity index (χ4v) is 2.86. The first-order valence-corrected chi connectivity index (χ1v) is 6.42. The monoisotopic (exact) mass is 196 g/mol. The lowest BCUT2D eigenvalue weighted by Crippen LogP contribution is -2.36. The molecule has 1 heterocycles. The summed E-state index contributed by atoms with van der Waals surface area (Å²) in [5.41, 5.74) is 0. The number of rotatable bonds is 4. The molecular weight excluding hydrogens is 172 g/mol. The second-order valence-electron chi connectivity index (χ2n) is 4.88. The van der Waals surface area contributed by atoms with Gasteiger partial charge in [0.15, 0.2) is 0 Å². The molecule has 2 aliphatic rings. The minimum Gasteiger partial charge on any atom is -0.298 e. The summed E-state index contributed by atoms with van der Waals surface area (Å²) in [7, 11) is 0. The third-order valence-corrected chi connectivity index (χ3v) is 3.69. The van der Waals surface area contributed by atoms with E-state index in [0.717, 1.165) is 12.1 Å². The standard InChI is InChI=1S/C12H24N2/c1-2-3-4-9-12-13-10-7-5-6-8-11(10)14-12/h10-14H,2-9H2,1H3. The molecule has 0 aromatic heterocycles. The molecule has 1 saturated heterocycles. The van der Waals surface area contributed by atoms with Crippen molar-refractivity contribution in [2.45, 2.75) is 76.5 Å². The number of unbranched alkanes of at least 4 members (excludes halogenated alkanes) is 2. The van der Waals surface area contributed by atoms with E-state index in [-0.39, 0.29) is 0 Å². The van der Waals surface area contributed by atoms with Crippen molar-refractivity contribution in [2.75, 3.05) is 0 Å². The molecular formula is C12H24N2. The van der Waals surface area contributed by atoms with Crippen LogP contribution in [0.5, 0.6) is 0 Å². The lowest BCUT2D eigenvalue weighted by Gasteiger charge is -2.23. The highest BCUT2D eigenvalue weighted by Crippen LogP contribution is 2.23. The van der Waals surface area contributed by atoms with Crippen LogP contribution >= 0.6 is 0 Å². The normalized spacial score (nSPS) is 37.1. The first-order chi connectivity index (χ1) is 6.90. The van der Waals surface area contributed by atoms with Crippen LogP contribution in [0.1, 0.15) is 58.3 Å². The third kappa shape index (κ3) is 2.48. The van der Waals surface area contributed by atoms with Crippen LogP contribution in [0, 0.1) is 0 Å². The van der Waals surface area contributed by atoms with E-state index in [2.05, 4.69) is 17.6 Å². The SMILES string of the molecule is CCCCCC1NC2CCCCC2N1. The van der Waals surface area contributed by atoms with Gasteiger partial charge in [0.05, 0.1) is 6.17 Å². The molecule has 0 spiro atoms. The Morgan fingerprint density at radius 2 is 1.64 bits per heavy atom. The molecule has 2 heteroatoms. The molecule has 2 rings (SSSR count). The zero-order valence-electron chi connectivity index (χ0n) is 9.39. The molecule has 0 amide bonds. The Balaban J connectivity index is 1.70. The van der Waals surface area contributed by atoms with Crippen molar-refractivity contribution < 1.29 is 0 Å². The minimum absolute atomic E-state index is 0.620. The molecule has 1 aliphatic carbocycles. The van der Waals surface area contributed by atoms with Gasteiger partial charge in [0.25, 0.3) is 0 Å². The lowest BCUT2D eigenvalue weighted by molar-refractivity contribution is 0.374. The highest BCUT2D eigenvalue weighted by Gasteiger charge is 2.33. The van der Waals surface area contributed by atoms with Gasteiger partial charge in [-0.1, -0.05) is 39.0 Å². The second kappa shape index (κ2) is 5.13. The van der Waals surface area contributed by atoms with E-state index in [0.29, 0.717) is 6.17 Å². The summed E-state index contributed by atoms with van der Waals surface area (Å²) >= 11 is 0. The maximum atomic E-state index is 3.74. The van der Waals surface area contributed by atoms with E-state index >= 15 is 0 Å². The van der Waals surface area contributed by atoms with Gasteiger partial charge in [0.2, 0.25) is 0 Å². The van der Waals surface area contributed by atoms with Crippen LogP contribution in [0.2, 0.25) is 0 Å². The summed E-state index contributed by atoms with van der Waals surface area (Å²) in [5.74, 6) is 0. The van der Waals surface area contributed by atoms with Crippen molar-refractivity contribution in [3.8, 4) is 0 Å². The predicted molar refractivity (Wildman–Crippen MR) is 60.2 cm³/mol. The molecule has 1 saturated carbocycles. The smallest absolute Gasteiger partial charge is 0.0576 e. The molecule has 14 heavy (non-hydrogen) atoms. The average molecular weight is 196 g/mol. The van der Waals surface area contributed by atoms with E-state index < -0.39 is 0 Å². The maximum Gasteiger partial charge on any atom is 0.0576 e. The molecule has 2 nitrogen and oxygen atoms in total. The molecule has 2 unspecified atom stereocenters. The van der Waals surface area contributed by atoms with Crippen LogP contribution in [-0.4, -0.2) is 18.2 Å². The lowest BCUT2D eigenvalue weighted by atomic mass is 9.92. The predicted octanol–water partition coefficient (Wildman–Crippen LogP) is 2.40. The van der Waals surface area contributed by atoms with Crippen molar-refractivity contribution in [1.29, 1.82) is 0 Å². The number of hydrogen-bond donors (Lipinski definition) is 2. The van der Waals surface area contributed by atoms with Crippen LogP contribution in [0.15, 0.2) is 0 Å². The Kier molecular flexibility index (Phi) is 3.82. The Morgan fingerprint density at radius 3 is 2.21 bits per heavy atom. The Bertz CT molecular complexity index is 156. The number of nitrogens with one attached hydrogen (secondary N) is 2. The van der Waals surface area contributed by atoms with Gasteiger partial charge in [-0.15, -0.1) is 0 Å². The first kappa shape index (κ1) is 10.4. The van der Waals surface area contributed by atoms with Crippen molar-refractivity contribution in [3.05, 3.63) is 0 Å². The molecule has 0 bridgehead atoms. The Labute approximate surface area is 87.8 Å². The van der Waals surface area contributed by atoms with Crippen molar-refractivity contribution in [1.82, 2.24) is 10.6 Å². The van der Waals surface area contributed by atoms with Crippen LogP contribution in [0.4, 0.5) is 0 Å². The second-order valence-corrected chi connectivity index (χ2v) is 4.88. The highest BCUT2D eigenvalue weighted by atomic mass is 15.2. The highest BCUT2D eigenvalue weighted by molar-refractivity contribution is 4.95. The van der Waals surface area contributed by atoms with Gasteiger partial charge >= 0.3 is 0 Å². The zero-order chi connectivity index (χ0) is 9.80. The molecule has 82 valence electrons. The molecule has 0 aromatic carbocycles. The fraction of sp³-hybridized carbons (Fsp3) is 1.00. The van der Waals surface area contributed by atoms with Gasteiger partial charge in [0, 0.05) is 12.1 Å². The molecule has 0 radical (unpaired) electrons. The van der Waals surface area contributed by atoms with E-state index in [4.69, 9.17) is 0 Å². The third-order valence-electron chi connectivity index (χ3n) is 3.69. The topological polar surface area (TPSA) is 24.1 Å². The largest absolute Gasteiger partial charge is 0.298 e. The van der Waals surface area contributed by atoms with Crippen LogP contribution in [-0.2, 0) is 0 Å². The van der Waals surface area contributed by atoms with Crippen molar-refractivity contribution in [3.63, 3.8) is 0 Å². The molecule has 2 fully saturated rings. The van der Waals surface area contributed by atoms with E-state index in [9.17, 15) is 0 Å². The van der Waals surface area contributed by atoms with E-state index in [1.54, 1.807) is 0 Å². The van der Waals surface area contributed by atoms with Gasteiger partial charge in [0.1, 0.15) is 0 Å².